The summed E-state index contributed by atoms with van der Waals surface area (Å²) >= 11 is 0. The van der Waals surface area contributed by atoms with Gasteiger partial charge >= 0.3 is 0 Å². The smallest absolute Gasteiger partial charge is 0.265 e. The monoisotopic (exact) mass is 356 g/mol. The lowest BCUT2D eigenvalue weighted by atomic mass is 10.3. The minimum absolute atomic E-state index is 0.0989. The fourth-order valence-electron chi connectivity index (χ4n) is 1.79. The first kappa shape index (κ1) is 17.8. The Labute approximate surface area is 137 Å². The predicted octanol–water partition coefficient (Wildman–Crippen LogP) is 2.02. The van der Waals surface area contributed by atoms with Gasteiger partial charge in [0.2, 0.25) is 10.0 Å². The molecular formula is C15H14F2N2O4S. The fourth-order valence-corrected chi connectivity index (χ4v) is 2.30. The van der Waals surface area contributed by atoms with E-state index < -0.39 is 33.7 Å². The SMILES string of the molecule is CC(Oc1ccc(F)cc1F)C(=O)Nc1ccc(S(N)(=O)=O)cc1. The van der Waals surface area contributed by atoms with Gasteiger partial charge in [0.05, 0.1) is 4.90 Å². The van der Waals surface area contributed by atoms with Gasteiger partial charge in [-0.1, -0.05) is 0 Å². The second-order valence-electron chi connectivity index (χ2n) is 4.89. The number of carbonyl (C=O) groups is 1. The van der Waals surface area contributed by atoms with E-state index in [0.29, 0.717) is 11.8 Å². The summed E-state index contributed by atoms with van der Waals surface area (Å²) in [6.07, 6.45) is -1.07. The van der Waals surface area contributed by atoms with Crippen LogP contribution in [0.4, 0.5) is 14.5 Å². The number of nitrogens with one attached hydrogen (secondary N) is 1. The Balaban J connectivity index is 2.03. The third-order valence-electron chi connectivity index (χ3n) is 3.02. The quantitative estimate of drug-likeness (QED) is 0.856. The number of carbonyl (C=O) groups excluding carboxylic acids is 1. The molecule has 0 spiro atoms. The number of nitrogens with two attached hydrogens (primary N) is 1. The molecule has 128 valence electrons. The van der Waals surface area contributed by atoms with Gasteiger partial charge in [0.1, 0.15) is 5.82 Å². The van der Waals surface area contributed by atoms with Crippen molar-refractivity contribution in [2.45, 2.75) is 17.9 Å². The molecule has 0 heterocycles. The van der Waals surface area contributed by atoms with Gasteiger partial charge < -0.3 is 10.1 Å². The Morgan fingerprint density at radius 2 is 1.79 bits per heavy atom. The van der Waals surface area contributed by atoms with Crippen molar-refractivity contribution in [2.24, 2.45) is 5.14 Å². The molecule has 1 atom stereocenters. The van der Waals surface area contributed by atoms with Crippen molar-refractivity contribution in [3.05, 3.63) is 54.1 Å². The molecule has 0 aromatic heterocycles. The Morgan fingerprint density at radius 1 is 1.17 bits per heavy atom. The number of amides is 1. The zero-order chi connectivity index (χ0) is 17.9. The third kappa shape index (κ3) is 4.49. The van der Waals surface area contributed by atoms with Crippen molar-refractivity contribution in [1.29, 1.82) is 0 Å². The molecule has 2 aromatic carbocycles. The molecule has 24 heavy (non-hydrogen) atoms. The molecule has 0 aliphatic heterocycles. The summed E-state index contributed by atoms with van der Waals surface area (Å²) in [5.41, 5.74) is 0.308. The standard InChI is InChI=1S/C15H14F2N2O4S/c1-9(23-14-7-2-10(16)8-13(14)17)15(20)19-11-3-5-12(6-4-11)24(18,21)22/h2-9H,1H3,(H,19,20)(H2,18,21,22). The van der Waals surface area contributed by atoms with Gasteiger partial charge in [-0.25, -0.2) is 22.3 Å². The maximum atomic E-state index is 13.5. The van der Waals surface area contributed by atoms with Crippen molar-refractivity contribution in [3.63, 3.8) is 0 Å². The van der Waals surface area contributed by atoms with E-state index >= 15 is 0 Å². The van der Waals surface area contributed by atoms with Crippen LogP contribution < -0.4 is 15.2 Å². The number of hydrogen-bond acceptors (Lipinski definition) is 4. The highest BCUT2D eigenvalue weighted by Crippen LogP contribution is 2.20. The molecule has 3 N–H and O–H groups in total. The van der Waals surface area contributed by atoms with Gasteiger partial charge in [-0.15, -0.1) is 0 Å². The van der Waals surface area contributed by atoms with E-state index in [2.05, 4.69) is 5.32 Å². The molecule has 0 radical (unpaired) electrons. The number of halogens is 2. The van der Waals surface area contributed by atoms with Crippen LogP contribution in [0.5, 0.6) is 5.75 Å². The number of rotatable bonds is 5. The van der Waals surface area contributed by atoms with Gasteiger partial charge in [-0.3, -0.25) is 4.79 Å². The van der Waals surface area contributed by atoms with E-state index in [0.717, 1.165) is 12.1 Å². The van der Waals surface area contributed by atoms with E-state index in [1.54, 1.807) is 0 Å². The number of anilines is 1. The fraction of sp³-hybridized carbons (Fsp3) is 0.133. The highest BCUT2D eigenvalue weighted by atomic mass is 32.2. The van der Waals surface area contributed by atoms with E-state index in [4.69, 9.17) is 9.88 Å². The first-order valence-corrected chi connectivity index (χ1v) is 8.27. The van der Waals surface area contributed by atoms with Crippen molar-refractivity contribution in [3.8, 4) is 5.75 Å². The summed E-state index contributed by atoms with van der Waals surface area (Å²) < 4.78 is 53.7. The van der Waals surface area contributed by atoms with Crippen molar-refractivity contribution in [2.75, 3.05) is 5.32 Å². The Morgan fingerprint density at radius 3 is 2.33 bits per heavy atom. The van der Waals surface area contributed by atoms with Gasteiger partial charge in [0, 0.05) is 11.8 Å². The maximum Gasteiger partial charge on any atom is 0.265 e. The molecule has 0 bridgehead atoms. The van der Waals surface area contributed by atoms with Crippen molar-refractivity contribution < 1.29 is 26.7 Å². The summed E-state index contributed by atoms with van der Waals surface area (Å²) in [6.45, 7) is 1.39. The van der Waals surface area contributed by atoms with E-state index in [9.17, 15) is 22.0 Å². The molecule has 1 unspecified atom stereocenters. The van der Waals surface area contributed by atoms with Gasteiger partial charge in [0.25, 0.3) is 5.91 Å². The summed E-state index contributed by atoms with van der Waals surface area (Å²) in [5.74, 6) is -2.54. The Bertz CT molecular complexity index is 854. The summed E-state index contributed by atoms with van der Waals surface area (Å²) in [6, 6.07) is 7.90. The number of sulfonamides is 1. The van der Waals surface area contributed by atoms with E-state index in [1.807, 2.05) is 0 Å². The molecule has 0 saturated heterocycles. The summed E-state index contributed by atoms with van der Waals surface area (Å²) in [5, 5.41) is 7.45. The van der Waals surface area contributed by atoms with E-state index in [-0.39, 0.29) is 10.6 Å². The minimum atomic E-state index is -3.82. The maximum absolute atomic E-state index is 13.5. The second-order valence-corrected chi connectivity index (χ2v) is 6.45. The molecule has 1 amide bonds. The van der Waals surface area contributed by atoms with Crippen LogP contribution in [0.1, 0.15) is 6.92 Å². The molecular weight excluding hydrogens is 342 g/mol. The largest absolute Gasteiger partial charge is 0.478 e. The highest BCUT2D eigenvalue weighted by molar-refractivity contribution is 7.89. The summed E-state index contributed by atoms with van der Waals surface area (Å²) in [4.78, 5) is 11.9. The van der Waals surface area contributed by atoms with Crippen molar-refractivity contribution in [1.82, 2.24) is 0 Å². The zero-order valence-corrected chi connectivity index (χ0v) is 13.3. The van der Waals surface area contributed by atoms with Gasteiger partial charge in [0.15, 0.2) is 17.7 Å². The zero-order valence-electron chi connectivity index (χ0n) is 12.5. The molecule has 2 rings (SSSR count). The molecule has 2 aromatic rings. The lowest BCUT2D eigenvalue weighted by molar-refractivity contribution is -0.122. The number of primary sulfonamides is 1. The summed E-state index contributed by atoms with van der Waals surface area (Å²) in [7, 11) is -3.82. The van der Waals surface area contributed by atoms with Crippen LogP contribution in [0, 0.1) is 11.6 Å². The van der Waals surface area contributed by atoms with Crippen LogP contribution in [0.2, 0.25) is 0 Å². The molecule has 9 heteroatoms. The molecule has 6 nitrogen and oxygen atoms in total. The predicted molar refractivity (Wildman–Crippen MR) is 82.9 cm³/mol. The number of ether oxygens (including phenoxy) is 1. The van der Waals surface area contributed by atoms with Gasteiger partial charge in [-0.2, -0.15) is 0 Å². The van der Waals surface area contributed by atoms with Crippen LogP contribution in [0.25, 0.3) is 0 Å². The lowest BCUT2D eigenvalue weighted by Crippen LogP contribution is -2.30. The van der Waals surface area contributed by atoms with Gasteiger partial charge in [-0.05, 0) is 43.3 Å². The second kappa shape index (κ2) is 6.93. The highest BCUT2D eigenvalue weighted by Gasteiger charge is 2.17. The number of benzene rings is 2. The molecule has 0 fully saturated rings. The Kier molecular flexibility index (Phi) is 5.15. The molecule has 0 saturated carbocycles. The normalized spacial score (nSPS) is 12.5. The molecule has 0 aliphatic rings. The lowest BCUT2D eigenvalue weighted by Gasteiger charge is -2.15. The first-order valence-electron chi connectivity index (χ1n) is 6.72. The van der Waals surface area contributed by atoms with Crippen LogP contribution in [-0.2, 0) is 14.8 Å². The number of hydrogen-bond donors (Lipinski definition) is 2. The van der Waals surface area contributed by atoms with Crippen LogP contribution in [-0.4, -0.2) is 20.4 Å². The minimum Gasteiger partial charge on any atom is -0.478 e. The Hall–Kier alpha value is -2.52. The van der Waals surface area contributed by atoms with Crippen LogP contribution in [0.15, 0.2) is 47.4 Å². The first-order chi connectivity index (χ1) is 11.2. The average Bonchev–Trinajstić information content (AvgIpc) is 2.49. The van der Waals surface area contributed by atoms with E-state index in [1.165, 1.54) is 31.2 Å². The van der Waals surface area contributed by atoms with Crippen molar-refractivity contribution >= 4 is 21.6 Å². The molecule has 0 aliphatic carbocycles. The topological polar surface area (TPSA) is 98.5 Å². The third-order valence-corrected chi connectivity index (χ3v) is 3.95. The van der Waals surface area contributed by atoms with Crippen LogP contribution in [0.3, 0.4) is 0 Å². The van der Waals surface area contributed by atoms with Crippen LogP contribution >= 0.6 is 0 Å². The average molecular weight is 356 g/mol.